The van der Waals surface area contributed by atoms with Gasteiger partial charge in [0.15, 0.2) is 0 Å². The molecule has 1 saturated carbocycles. The second kappa shape index (κ2) is 8.33. The molecule has 0 saturated heterocycles. The molecular formula is C22H24N4O2. The Bertz CT molecular complexity index is 903. The molecule has 2 heterocycles. The SMILES string of the molecule is O=C(NCCc1nc(-c2ccccn2)no1)C1(c2ccccc2)CCCCC1. The molecule has 0 bridgehead atoms. The van der Waals surface area contributed by atoms with Gasteiger partial charge in [-0.3, -0.25) is 9.78 Å². The van der Waals surface area contributed by atoms with E-state index >= 15 is 0 Å². The molecule has 1 aliphatic rings. The molecule has 28 heavy (non-hydrogen) atoms. The number of carbonyl (C=O) groups is 1. The third kappa shape index (κ3) is 3.81. The Labute approximate surface area is 164 Å². The Morgan fingerprint density at radius 1 is 1.04 bits per heavy atom. The molecule has 1 N–H and O–H groups in total. The van der Waals surface area contributed by atoms with Crippen LogP contribution in [0.5, 0.6) is 0 Å². The van der Waals surface area contributed by atoms with E-state index in [2.05, 4.69) is 32.6 Å². The number of hydrogen-bond donors (Lipinski definition) is 1. The number of hydrogen-bond acceptors (Lipinski definition) is 5. The summed E-state index contributed by atoms with van der Waals surface area (Å²) < 4.78 is 5.30. The molecular weight excluding hydrogens is 352 g/mol. The van der Waals surface area contributed by atoms with Crippen LogP contribution in [-0.4, -0.2) is 27.6 Å². The largest absolute Gasteiger partial charge is 0.355 e. The maximum absolute atomic E-state index is 13.1. The summed E-state index contributed by atoms with van der Waals surface area (Å²) in [5, 5.41) is 7.08. The van der Waals surface area contributed by atoms with Crippen LogP contribution in [0.1, 0.15) is 43.6 Å². The minimum Gasteiger partial charge on any atom is -0.355 e. The summed E-state index contributed by atoms with van der Waals surface area (Å²) in [6.45, 7) is 0.470. The predicted octanol–water partition coefficient (Wildman–Crippen LogP) is 3.69. The predicted molar refractivity (Wildman–Crippen MR) is 105 cm³/mol. The van der Waals surface area contributed by atoms with Crippen molar-refractivity contribution in [1.29, 1.82) is 0 Å². The highest BCUT2D eigenvalue weighted by molar-refractivity contribution is 5.88. The van der Waals surface area contributed by atoms with Crippen LogP contribution in [0.15, 0.2) is 59.3 Å². The average Bonchev–Trinajstić information content (AvgIpc) is 3.24. The van der Waals surface area contributed by atoms with E-state index in [1.165, 1.54) is 6.42 Å². The second-order valence-electron chi connectivity index (χ2n) is 7.24. The van der Waals surface area contributed by atoms with Crippen molar-refractivity contribution >= 4 is 5.91 Å². The van der Waals surface area contributed by atoms with Gasteiger partial charge in [0, 0.05) is 19.2 Å². The van der Waals surface area contributed by atoms with Gasteiger partial charge in [0.05, 0.1) is 5.41 Å². The van der Waals surface area contributed by atoms with Crippen LogP contribution >= 0.6 is 0 Å². The summed E-state index contributed by atoms with van der Waals surface area (Å²) in [4.78, 5) is 21.7. The maximum atomic E-state index is 13.1. The van der Waals surface area contributed by atoms with Gasteiger partial charge in [-0.2, -0.15) is 4.98 Å². The fraction of sp³-hybridized carbons (Fsp3) is 0.364. The minimum atomic E-state index is -0.423. The molecule has 0 aliphatic heterocycles. The van der Waals surface area contributed by atoms with E-state index in [4.69, 9.17) is 4.52 Å². The standard InChI is InChI=1S/C22H24N4O2/c27-21(22(13-6-2-7-14-22)17-9-3-1-4-10-17)24-16-12-19-25-20(26-28-19)18-11-5-8-15-23-18/h1,3-5,8-11,15H,2,6-7,12-14,16H2,(H,24,27). The van der Waals surface area contributed by atoms with Crippen molar-refractivity contribution in [3.8, 4) is 11.5 Å². The van der Waals surface area contributed by atoms with E-state index in [1.807, 2.05) is 36.4 Å². The molecule has 1 fully saturated rings. The van der Waals surface area contributed by atoms with Gasteiger partial charge in [-0.15, -0.1) is 0 Å². The van der Waals surface area contributed by atoms with Crippen LogP contribution < -0.4 is 5.32 Å². The molecule has 0 spiro atoms. The molecule has 4 rings (SSSR count). The normalized spacial score (nSPS) is 15.9. The van der Waals surface area contributed by atoms with E-state index in [1.54, 1.807) is 6.20 Å². The third-order valence-electron chi connectivity index (χ3n) is 5.45. The van der Waals surface area contributed by atoms with Gasteiger partial charge in [0.1, 0.15) is 5.69 Å². The lowest BCUT2D eigenvalue weighted by molar-refractivity contribution is -0.128. The highest BCUT2D eigenvalue weighted by atomic mass is 16.5. The number of carbonyl (C=O) groups excluding carboxylic acids is 1. The minimum absolute atomic E-state index is 0.0999. The van der Waals surface area contributed by atoms with Gasteiger partial charge in [-0.05, 0) is 30.5 Å². The highest BCUT2D eigenvalue weighted by Gasteiger charge is 2.40. The topological polar surface area (TPSA) is 80.9 Å². The molecule has 144 valence electrons. The Morgan fingerprint density at radius 3 is 2.57 bits per heavy atom. The van der Waals surface area contributed by atoms with Crippen LogP contribution in [0, 0.1) is 0 Å². The van der Waals surface area contributed by atoms with Gasteiger partial charge in [-0.1, -0.05) is 60.8 Å². The zero-order valence-electron chi connectivity index (χ0n) is 15.8. The number of rotatable bonds is 6. The average molecular weight is 376 g/mol. The molecule has 0 unspecified atom stereocenters. The van der Waals surface area contributed by atoms with Crippen molar-refractivity contribution in [2.45, 2.75) is 43.9 Å². The van der Waals surface area contributed by atoms with Gasteiger partial charge < -0.3 is 9.84 Å². The molecule has 1 amide bonds. The number of nitrogens with one attached hydrogen (secondary N) is 1. The van der Waals surface area contributed by atoms with Gasteiger partial charge >= 0.3 is 0 Å². The molecule has 2 aromatic heterocycles. The lowest BCUT2D eigenvalue weighted by Gasteiger charge is -2.36. The quantitative estimate of drug-likeness (QED) is 0.709. The van der Waals surface area contributed by atoms with Crippen molar-refractivity contribution in [2.75, 3.05) is 6.54 Å². The summed E-state index contributed by atoms with van der Waals surface area (Å²) in [6.07, 6.45) is 7.34. The first kappa shape index (κ1) is 18.3. The smallest absolute Gasteiger partial charge is 0.230 e. The summed E-state index contributed by atoms with van der Waals surface area (Å²) in [6, 6.07) is 15.7. The van der Waals surface area contributed by atoms with E-state index in [9.17, 15) is 4.79 Å². The zero-order valence-corrected chi connectivity index (χ0v) is 15.8. The van der Waals surface area contributed by atoms with Gasteiger partial charge in [-0.25, -0.2) is 0 Å². The van der Waals surface area contributed by atoms with Crippen LogP contribution in [0.3, 0.4) is 0 Å². The highest BCUT2D eigenvalue weighted by Crippen LogP contribution is 2.39. The number of amides is 1. The third-order valence-corrected chi connectivity index (χ3v) is 5.45. The van der Waals surface area contributed by atoms with Crippen molar-refractivity contribution in [2.24, 2.45) is 0 Å². The molecule has 1 aliphatic carbocycles. The molecule has 0 radical (unpaired) electrons. The van der Waals surface area contributed by atoms with E-state index in [-0.39, 0.29) is 5.91 Å². The number of pyridine rings is 1. The lowest BCUT2D eigenvalue weighted by atomic mass is 9.68. The number of benzene rings is 1. The van der Waals surface area contributed by atoms with E-state index < -0.39 is 5.41 Å². The summed E-state index contributed by atoms with van der Waals surface area (Å²) in [7, 11) is 0. The van der Waals surface area contributed by atoms with Crippen molar-refractivity contribution in [3.05, 3.63) is 66.2 Å². The molecule has 6 nitrogen and oxygen atoms in total. The zero-order chi connectivity index (χ0) is 19.2. The van der Waals surface area contributed by atoms with E-state index in [0.717, 1.165) is 31.2 Å². The Hall–Kier alpha value is -3.02. The summed E-state index contributed by atoms with van der Waals surface area (Å²) >= 11 is 0. The Morgan fingerprint density at radius 2 is 1.82 bits per heavy atom. The van der Waals surface area contributed by atoms with Crippen LogP contribution in [0.4, 0.5) is 0 Å². The van der Waals surface area contributed by atoms with Gasteiger partial charge in [0.2, 0.25) is 17.6 Å². The first-order valence-corrected chi connectivity index (χ1v) is 9.86. The molecule has 1 aromatic carbocycles. The number of aromatic nitrogens is 3. The first-order valence-electron chi connectivity index (χ1n) is 9.86. The second-order valence-corrected chi connectivity index (χ2v) is 7.24. The Kier molecular flexibility index (Phi) is 5.46. The van der Waals surface area contributed by atoms with Crippen molar-refractivity contribution in [3.63, 3.8) is 0 Å². The summed E-state index contributed by atoms with van der Waals surface area (Å²) in [5.41, 5.74) is 1.36. The van der Waals surface area contributed by atoms with Crippen LogP contribution in [0.2, 0.25) is 0 Å². The van der Waals surface area contributed by atoms with Crippen molar-refractivity contribution in [1.82, 2.24) is 20.4 Å². The Balaban J connectivity index is 1.40. The molecule has 6 heteroatoms. The monoisotopic (exact) mass is 376 g/mol. The van der Waals surface area contributed by atoms with Crippen LogP contribution in [-0.2, 0) is 16.6 Å². The lowest BCUT2D eigenvalue weighted by Crippen LogP contribution is -2.46. The van der Waals surface area contributed by atoms with Crippen LogP contribution in [0.25, 0.3) is 11.5 Å². The first-order chi connectivity index (χ1) is 13.8. The fourth-order valence-corrected chi connectivity index (χ4v) is 3.97. The molecule has 3 aromatic rings. The number of nitrogens with zero attached hydrogens (tertiary/aromatic N) is 3. The maximum Gasteiger partial charge on any atom is 0.230 e. The fourth-order valence-electron chi connectivity index (χ4n) is 3.97. The van der Waals surface area contributed by atoms with Crippen molar-refractivity contribution < 1.29 is 9.32 Å². The molecule has 0 atom stereocenters. The van der Waals surface area contributed by atoms with Gasteiger partial charge in [0.25, 0.3) is 0 Å². The van der Waals surface area contributed by atoms with E-state index in [0.29, 0.717) is 30.4 Å². The summed E-state index contributed by atoms with van der Waals surface area (Å²) in [5.74, 6) is 1.07.